The van der Waals surface area contributed by atoms with Crippen LogP contribution in [0.25, 0.3) is 0 Å². The van der Waals surface area contributed by atoms with Gasteiger partial charge in [0.1, 0.15) is 6.04 Å². The lowest BCUT2D eigenvalue weighted by Gasteiger charge is -1.98. The van der Waals surface area contributed by atoms with E-state index in [1.54, 1.807) is 12.2 Å². The molecule has 0 aliphatic carbocycles. The molecule has 0 heterocycles. The summed E-state index contributed by atoms with van der Waals surface area (Å²) in [5, 5.41) is 8.25. The molecule has 1 unspecified atom stereocenters. The maximum absolute atomic E-state index is 10.0. The van der Waals surface area contributed by atoms with Gasteiger partial charge in [0.25, 0.3) is 0 Å². The molecule has 4 heteroatoms. The second kappa shape index (κ2) is 6.58. The molecule has 0 radical (unpaired) electrons. The lowest BCUT2D eigenvalue weighted by atomic mass is 10.2. The Morgan fingerprint density at radius 1 is 1.80 bits per heavy atom. The quantitative estimate of drug-likeness (QED) is 0.608. The summed E-state index contributed by atoms with van der Waals surface area (Å²) in [6.45, 7) is 1.83. The summed E-state index contributed by atoms with van der Waals surface area (Å²) in [6.07, 6.45) is 3.92. The highest BCUT2D eigenvalue weighted by Gasteiger charge is 2.07. The summed E-state index contributed by atoms with van der Waals surface area (Å²) < 4.78 is 0. The Hall–Kier alpha value is -0.540. The first kappa shape index (κ1) is 12.2. The molecule has 60 valence electrons. The van der Waals surface area contributed by atoms with Crippen LogP contribution in [0.2, 0.25) is 0 Å². The number of allylic oxidation sites excluding steroid dienone is 1. The zero-order valence-corrected chi connectivity index (χ0v) is 6.60. The van der Waals surface area contributed by atoms with E-state index in [0.717, 1.165) is 0 Å². The third-order valence-electron chi connectivity index (χ3n) is 0.943. The molecule has 0 amide bonds. The van der Waals surface area contributed by atoms with Gasteiger partial charge in [-0.15, -0.1) is 12.4 Å². The van der Waals surface area contributed by atoms with Crippen molar-refractivity contribution in [2.24, 2.45) is 5.73 Å². The molecule has 3 N–H and O–H groups in total. The standard InChI is InChI=1S/C6H11NO2.ClH/c1-2-3-4-5(7)6(8)9;/h2-3,5H,4,7H2,1H3,(H,8,9);1H. The van der Waals surface area contributed by atoms with E-state index in [4.69, 9.17) is 10.8 Å². The van der Waals surface area contributed by atoms with Gasteiger partial charge in [0, 0.05) is 0 Å². The number of nitrogens with two attached hydrogens (primary N) is 1. The van der Waals surface area contributed by atoms with Gasteiger partial charge < -0.3 is 10.8 Å². The van der Waals surface area contributed by atoms with E-state index in [9.17, 15) is 4.79 Å². The fourth-order valence-corrected chi connectivity index (χ4v) is 0.384. The Labute approximate surface area is 66.3 Å². The van der Waals surface area contributed by atoms with Crippen molar-refractivity contribution in [3.8, 4) is 0 Å². The van der Waals surface area contributed by atoms with Crippen molar-refractivity contribution >= 4 is 18.4 Å². The number of carboxylic acid groups (broad SMARTS) is 1. The van der Waals surface area contributed by atoms with E-state index in [1.807, 2.05) is 6.92 Å². The monoisotopic (exact) mass is 165 g/mol. The van der Waals surface area contributed by atoms with E-state index in [-0.39, 0.29) is 12.4 Å². The number of aliphatic carboxylic acids is 1. The van der Waals surface area contributed by atoms with E-state index in [2.05, 4.69) is 0 Å². The highest BCUT2D eigenvalue weighted by molar-refractivity contribution is 5.85. The van der Waals surface area contributed by atoms with Crippen molar-refractivity contribution in [1.82, 2.24) is 0 Å². The van der Waals surface area contributed by atoms with Crippen molar-refractivity contribution in [3.63, 3.8) is 0 Å². The lowest BCUT2D eigenvalue weighted by molar-refractivity contribution is -0.138. The summed E-state index contributed by atoms with van der Waals surface area (Å²) in [6, 6.07) is -0.749. The van der Waals surface area contributed by atoms with E-state index < -0.39 is 12.0 Å². The average Bonchev–Trinajstić information content (AvgIpc) is 1.82. The molecule has 3 nitrogen and oxygen atoms in total. The van der Waals surface area contributed by atoms with Gasteiger partial charge in [-0.1, -0.05) is 12.2 Å². The third-order valence-corrected chi connectivity index (χ3v) is 0.943. The highest BCUT2D eigenvalue weighted by atomic mass is 35.5. The molecule has 10 heavy (non-hydrogen) atoms. The minimum atomic E-state index is -0.951. The van der Waals surface area contributed by atoms with Gasteiger partial charge in [-0.2, -0.15) is 0 Å². The molecule has 0 aromatic carbocycles. The van der Waals surface area contributed by atoms with Gasteiger partial charge >= 0.3 is 5.97 Å². The molecule has 0 fully saturated rings. The maximum atomic E-state index is 10.0. The first-order chi connectivity index (χ1) is 4.18. The SMILES string of the molecule is CC=CCC(N)C(=O)O.Cl. The minimum Gasteiger partial charge on any atom is -0.480 e. The molecule has 0 aliphatic heterocycles. The van der Waals surface area contributed by atoms with Crippen LogP contribution in [0.5, 0.6) is 0 Å². The van der Waals surface area contributed by atoms with Crippen LogP contribution in [0.1, 0.15) is 13.3 Å². The Kier molecular flexibility index (Phi) is 8.00. The van der Waals surface area contributed by atoms with Crippen LogP contribution in [-0.4, -0.2) is 17.1 Å². The Morgan fingerprint density at radius 3 is 2.60 bits per heavy atom. The molecule has 0 bridgehead atoms. The number of rotatable bonds is 3. The summed E-state index contributed by atoms with van der Waals surface area (Å²) >= 11 is 0. The second-order valence-electron chi connectivity index (χ2n) is 1.75. The lowest BCUT2D eigenvalue weighted by Crippen LogP contribution is -2.29. The van der Waals surface area contributed by atoms with Crippen LogP contribution in [-0.2, 0) is 4.79 Å². The van der Waals surface area contributed by atoms with Crippen LogP contribution in [0.3, 0.4) is 0 Å². The molecule has 0 saturated heterocycles. The van der Waals surface area contributed by atoms with Crippen molar-refractivity contribution in [2.45, 2.75) is 19.4 Å². The Morgan fingerprint density at radius 2 is 2.30 bits per heavy atom. The summed E-state index contributed by atoms with van der Waals surface area (Å²) in [5.74, 6) is -0.951. The van der Waals surface area contributed by atoms with Crippen molar-refractivity contribution in [2.75, 3.05) is 0 Å². The molecule has 0 spiro atoms. The van der Waals surface area contributed by atoms with E-state index >= 15 is 0 Å². The van der Waals surface area contributed by atoms with Crippen LogP contribution in [0, 0.1) is 0 Å². The van der Waals surface area contributed by atoms with Crippen LogP contribution >= 0.6 is 12.4 Å². The number of carbonyl (C=O) groups is 1. The van der Waals surface area contributed by atoms with Crippen molar-refractivity contribution in [1.29, 1.82) is 0 Å². The summed E-state index contributed by atoms with van der Waals surface area (Å²) in [5.41, 5.74) is 5.15. The van der Waals surface area contributed by atoms with Gasteiger partial charge in [-0.05, 0) is 13.3 Å². The van der Waals surface area contributed by atoms with E-state index in [1.165, 1.54) is 0 Å². The number of carboxylic acids is 1. The van der Waals surface area contributed by atoms with Gasteiger partial charge in [0.05, 0.1) is 0 Å². The Balaban J connectivity index is 0. The van der Waals surface area contributed by atoms with Crippen LogP contribution in [0.15, 0.2) is 12.2 Å². The zero-order chi connectivity index (χ0) is 7.28. The first-order valence-corrected chi connectivity index (χ1v) is 2.78. The number of hydrogen-bond donors (Lipinski definition) is 2. The van der Waals surface area contributed by atoms with Crippen LogP contribution < -0.4 is 5.73 Å². The van der Waals surface area contributed by atoms with Crippen molar-refractivity contribution in [3.05, 3.63) is 12.2 Å². The molecule has 0 aromatic heterocycles. The van der Waals surface area contributed by atoms with Gasteiger partial charge in [0.15, 0.2) is 0 Å². The normalized spacial score (nSPS) is 12.6. The average molecular weight is 166 g/mol. The molecule has 0 rings (SSSR count). The molecule has 0 aliphatic rings. The van der Waals surface area contributed by atoms with Gasteiger partial charge in [0.2, 0.25) is 0 Å². The number of hydrogen-bond acceptors (Lipinski definition) is 2. The largest absolute Gasteiger partial charge is 0.480 e. The molecule has 0 aromatic rings. The van der Waals surface area contributed by atoms with Gasteiger partial charge in [-0.25, -0.2) is 0 Å². The second-order valence-corrected chi connectivity index (χ2v) is 1.75. The highest BCUT2D eigenvalue weighted by Crippen LogP contribution is 1.88. The number of halogens is 1. The fourth-order valence-electron chi connectivity index (χ4n) is 0.384. The molecular weight excluding hydrogens is 154 g/mol. The minimum absolute atomic E-state index is 0. The Bertz CT molecular complexity index is 125. The first-order valence-electron chi connectivity index (χ1n) is 2.78. The maximum Gasteiger partial charge on any atom is 0.320 e. The molecular formula is C6H12ClNO2. The van der Waals surface area contributed by atoms with Crippen molar-refractivity contribution < 1.29 is 9.90 Å². The van der Waals surface area contributed by atoms with Crippen LogP contribution in [0.4, 0.5) is 0 Å². The van der Waals surface area contributed by atoms with Gasteiger partial charge in [-0.3, -0.25) is 4.79 Å². The predicted molar refractivity (Wildman–Crippen MR) is 42.3 cm³/mol. The molecule has 1 atom stereocenters. The predicted octanol–water partition coefficient (Wildman–Crippen LogP) is 0.786. The topological polar surface area (TPSA) is 63.3 Å². The van der Waals surface area contributed by atoms with E-state index in [0.29, 0.717) is 6.42 Å². The summed E-state index contributed by atoms with van der Waals surface area (Å²) in [7, 11) is 0. The fraction of sp³-hybridized carbons (Fsp3) is 0.500. The molecule has 0 saturated carbocycles. The third kappa shape index (κ3) is 5.59. The smallest absolute Gasteiger partial charge is 0.320 e. The zero-order valence-electron chi connectivity index (χ0n) is 5.78. The summed E-state index contributed by atoms with van der Waals surface area (Å²) in [4.78, 5) is 10.0.